The van der Waals surface area contributed by atoms with Gasteiger partial charge in [-0.05, 0) is 38.0 Å². The smallest absolute Gasteiger partial charge is 0.233 e. The van der Waals surface area contributed by atoms with Crippen LogP contribution in [0.4, 0.5) is 10.3 Å². The first-order chi connectivity index (χ1) is 11.1. The van der Waals surface area contributed by atoms with Gasteiger partial charge < -0.3 is 9.84 Å². The van der Waals surface area contributed by atoms with E-state index in [2.05, 4.69) is 26.4 Å². The second kappa shape index (κ2) is 5.30. The van der Waals surface area contributed by atoms with Crippen molar-refractivity contribution < 1.29 is 13.7 Å². The van der Waals surface area contributed by atoms with Gasteiger partial charge in [-0.1, -0.05) is 21.1 Å². The number of carbonyl (C=O) groups excluding carboxylic acids is 1. The maximum atomic E-state index is 14.5. The van der Waals surface area contributed by atoms with E-state index >= 15 is 0 Å². The Bertz CT molecular complexity index is 856. The lowest BCUT2D eigenvalue weighted by Crippen LogP contribution is -2.27. The van der Waals surface area contributed by atoms with Crippen LogP contribution in [-0.4, -0.2) is 10.9 Å². The van der Waals surface area contributed by atoms with E-state index in [-0.39, 0.29) is 11.6 Å². The van der Waals surface area contributed by atoms with Gasteiger partial charge in [0, 0.05) is 33.6 Å². The van der Waals surface area contributed by atoms with Crippen LogP contribution in [0.1, 0.15) is 42.0 Å². The van der Waals surface area contributed by atoms with Gasteiger partial charge in [-0.25, -0.2) is 4.39 Å². The molecule has 2 aromatic rings. The third-order valence-electron chi connectivity index (χ3n) is 4.48. The number of fused-ring (bicyclic) bond motifs is 1. The van der Waals surface area contributed by atoms with Crippen LogP contribution < -0.4 is 5.32 Å². The summed E-state index contributed by atoms with van der Waals surface area (Å²) in [5.41, 5.74) is 3.36. The zero-order valence-electron chi connectivity index (χ0n) is 12.5. The van der Waals surface area contributed by atoms with Crippen LogP contribution in [0, 0.1) is 12.7 Å². The first-order valence-corrected chi connectivity index (χ1v) is 8.30. The Morgan fingerprint density at radius 3 is 3.04 bits per heavy atom. The normalized spacial score (nSPS) is 20.1. The number of aryl methyl sites for hydroxylation is 1. The van der Waals surface area contributed by atoms with Crippen molar-refractivity contribution in [2.24, 2.45) is 0 Å². The Morgan fingerprint density at radius 1 is 1.39 bits per heavy atom. The van der Waals surface area contributed by atoms with E-state index in [1.807, 2.05) is 6.92 Å². The molecule has 1 atom stereocenters. The molecule has 2 heterocycles. The zero-order chi connectivity index (χ0) is 16.1. The molecule has 2 aliphatic rings. The molecule has 0 amide bonds. The summed E-state index contributed by atoms with van der Waals surface area (Å²) in [6.45, 7) is 1.81. The average molecular weight is 377 g/mol. The van der Waals surface area contributed by atoms with Crippen molar-refractivity contribution in [1.82, 2.24) is 5.16 Å². The van der Waals surface area contributed by atoms with E-state index in [1.54, 1.807) is 12.1 Å². The van der Waals surface area contributed by atoms with Crippen molar-refractivity contribution in [2.75, 3.05) is 5.32 Å². The van der Waals surface area contributed by atoms with Gasteiger partial charge in [0.25, 0.3) is 0 Å². The zero-order valence-corrected chi connectivity index (χ0v) is 14.0. The molecule has 1 N–H and O–H groups in total. The lowest BCUT2D eigenvalue weighted by molar-refractivity contribution is -0.116. The molecule has 1 aliphatic carbocycles. The van der Waals surface area contributed by atoms with Gasteiger partial charge in [-0.3, -0.25) is 4.79 Å². The summed E-state index contributed by atoms with van der Waals surface area (Å²) in [4.78, 5) is 12.6. The van der Waals surface area contributed by atoms with Crippen molar-refractivity contribution in [3.8, 4) is 0 Å². The van der Waals surface area contributed by atoms with Crippen LogP contribution in [0.5, 0.6) is 0 Å². The minimum atomic E-state index is -0.474. The second-order valence-corrected chi connectivity index (χ2v) is 6.82. The largest absolute Gasteiger partial charge is 0.338 e. The highest BCUT2D eigenvalue weighted by Crippen LogP contribution is 2.47. The molecule has 0 saturated heterocycles. The molecule has 23 heavy (non-hydrogen) atoms. The number of anilines is 1. The number of carbonyl (C=O) groups is 1. The summed E-state index contributed by atoms with van der Waals surface area (Å²) in [7, 11) is 0. The summed E-state index contributed by atoms with van der Waals surface area (Å²) < 4.78 is 20.7. The van der Waals surface area contributed by atoms with Crippen molar-refractivity contribution in [3.63, 3.8) is 0 Å². The molecular weight excluding hydrogens is 363 g/mol. The average Bonchev–Trinajstić information content (AvgIpc) is 2.89. The van der Waals surface area contributed by atoms with Crippen molar-refractivity contribution in [3.05, 3.63) is 56.6 Å². The molecule has 0 fully saturated rings. The van der Waals surface area contributed by atoms with Gasteiger partial charge in [-0.15, -0.1) is 0 Å². The maximum Gasteiger partial charge on any atom is 0.233 e. The van der Waals surface area contributed by atoms with E-state index in [0.717, 1.165) is 28.6 Å². The van der Waals surface area contributed by atoms with Crippen molar-refractivity contribution >= 4 is 27.6 Å². The molecule has 4 nitrogen and oxygen atoms in total. The predicted molar refractivity (Wildman–Crippen MR) is 86.7 cm³/mol. The minimum Gasteiger partial charge on any atom is -0.338 e. The van der Waals surface area contributed by atoms with Crippen LogP contribution in [0.3, 0.4) is 0 Å². The minimum absolute atomic E-state index is 0.0642. The van der Waals surface area contributed by atoms with Crippen LogP contribution in [0.15, 0.2) is 38.5 Å². The van der Waals surface area contributed by atoms with Gasteiger partial charge in [0.1, 0.15) is 5.82 Å². The second-order valence-electron chi connectivity index (χ2n) is 5.90. The van der Waals surface area contributed by atoms with Crippen LogP contribution in [0.2, 0.25) is 0 Å². The number of halogens is 2. The predicted octanol–water partition coefficient (Wildman–Crippen LogP) is 4.45. The molecule has 0 spiro atoms. The summed E-state index contributed by atoms with van der Waals surface area (Å²) >= 11 is 3.39. The van der Waals surface area contributed by atoms with Gasteiger partial charge in [-0.2, -0.15) is 0 Å². The monoisotopic (exact) mass is 376 g/mol. The van der Waals surface area contributed by atoms with E-state index < -0.39 is 5.92 Å². The highest BCUT2D eigenvalue weighted by Gasteiger charge is 2.39. The molecule has 0 unspecified atom stereocenters. The lowest BCUT2D eigenvalue weighted by Gasteiger charge is -2.31. The molecule has 1 aromatic carbocycles. The highest BCUT2D eigenvalue weighted by atomic mass is 79.9. The Morgan fingerprint density at radius 2 is 2.22 bits per heavy atom. The van der Waals surface area contributed by atoms with E-state index in [4.69, 9.17) is 4.52 Å². The quantitative estimate of drug-likeness (QED) is 0.798. The molecule has 1 aliphatic heterocycles. The Kier molecular flexibility index (Phi) is 3.37. The standard InChI is InChI=1S/C17H14BrFN2O2/c1-8-14-15(10-7-9(18)5-6-11(10)19)16-12(3-2-4-13(16)22)20-17(14)23-21-8/h5-7,15,20H,2-4H2,1H3/t15-/m0/s1. The summed E-state index contributed by atoms with van der Waals surface area (Å²) in [5, 5.41) is 7.18. The molecular formula is C17H14BrFN2O2. The molecule has 118 valence electrons. The molecule has 6 heteroatoms. The highest BCUT2D eigenvalue weighted by molar-refractivity contribution is 9.10. The molecule has 4 rings (SSSR count). The fraction of sp³-hybridized carbons (Fsp3) is 0.294. The lowest BCUT2D eigenvalue weighted by atomic mass is 9.76. The van der Waals surface area contributed by atoms with E-state index in [9.17, 15) is 9.18 Å². The molecule has 1 aromatic heterocycles. The number of allylic oxidation sites excluding steroid dienone is 2. The van der Waals surface area contributed by atoms with Gasteiger partial charge in [0.05, 0.1) is 11.3 Å². The maximum absolute atomic E-state index is 14.5. The number of nitrogens with zero attached hydrogens (tertiary/aromatic N) is 1. The van der Waals surface area contributed by atoms with Crippen LogP contribution in [-0.2, 0) is 4.79 Å². The van der Waals surface area contributed by atoms with Gasteiger partial charge >= 0.3 is 0 Å². The number of hydrogen-bond donors (Lipinski definition) is 1. The van der Waals surface area contributed by atoms with Crippen molar-refractivity contribution in [1.29, 1.82) is 0 Å². The molecule has 0 saturated carbocycles. The third-order valence-corrected chi connectivity index (χ3v) is 4.97. The summed E-state index contributed by atoms with van der Waals surface area (Å²) in [6, 6.07) is 4.80. The Hall–Kier alpha value is -1.95. The molecule has 0 radical (unpaired) electrons. The number of hydrogen-bond acceptors (Lipinski definition) is 4. The summed E-state index contributed by atoms with van der Waals surface area (Å²) in [6.07, 6.45) is 2.04. The third kappa shape index (κ3) is 2.24. The number of ketones is 1. The number of Topliss-reactive ketones (excluding diaryl/α,β-unsaturated/α-hetero) is 1. The first-order valence-electron chi connectivity index (χ1n) is 7.50. The number of benzene rings is 1. The fourth-order valence-electron chi connectivity index (χ4n) is 3.46. The van der Waals surface area contributed by atoms with Crippen molar-refractivity contribution in [2.45, 2.75) is 32.1 Å². The molecule has 0 bridgehead atoms. The SMILES string of the molecule is Cc1noc2c1[C@H](c1cc(Br)ccc1F)C1=C(CCCC1=O)N2. The summed E-state index contributed by atoms with van der Waals surface area (Å²) in [5.74, 6) is -0.232. The number of rotatable bonds is 1. The van der Waals surface area contributed by atoms with Crippen LogP contribution in [0.25, 0.3) is 0 Å². The Labute approximate surface area is 140 Å². The van der Waals surface area contributed by atoms with Crippen LogP contribution >= 0.6 is 15.9 Å². The van der Waals surface area contributed by atoms with Gasteiger partial charge in [0.15, 0.2) is 5.78 Å². The van der Waals surface area contributed by atoms with E-state index in [1.165, 1.54) is 6.07 Å². The number of nitrogens with one attached hydrogen (secondary N) is 1. The first kappa shape index (κ1) is 14.6. The Balaban J connectivity index is 2.00. The topological polar surface area (TPSA) is 55.1 Å². The van der Waals surface area contributed by atoms with Gasteiger partial charge in [0.2, 0.25) is 5.88 Å². The fourth-order valence-corrected chi connectivity index (χ4v) is 3.84. The number of aromatic nitrogens is 1. The van der Waals surface area contributed by atoms with E-state index in [0.29, 0.717) is 29.1 Å².